The summed E-state index contributed by atoms with van der Waals surface area (Å²) in [5.74, 6) is -0.981. The molecule has 0 bridgehead atoms. The predicted molar refractivity (Wildman–Crippen MR) is 94.3 cm³/mol. The lowest BCUT2D eigenvalue weighted by Gasteiger charge is -2.21. The van der Waals surface area contributed by atoms with Crippen molar-refractivity contribution in [1.29, 1.82) is 0 Å². The summed E-state index contributed by atoms with van der Waals surface area (Å²) in [6.07, 6.45) is 2.40. The quantitative estimate of drug-likeness (QED) is 0.410. The van der Waals surface area contributed by atoms with Gasteiger partial charge in [-0.3, -0.25) is 0 Å². The number of carboxylic acid groups (broad SMARTS) is 1. The third-order valence-corrected chi connectivity index (χ3v) is 3.25. The predicted octanol–water partition coefficient (Wildman–Crippen LogP) is 3.02. The number of hydrogen-bond acceptors (Lipinski definition) is 5. The molecule has 0 aliphatic carbocycles. The van der Waals surface area contributed by atoms with Gasteiger partial charge in [0.25, 0.3) is 0 Å². The first-order valence-electron chi connectivity index (χ1n) is 8.51. The Morgan fingerprint density at radius 1 is 1.08 bits per heavy atom. The molecule has 0 radical (unpaired) electrons. The molecular weight excluding hydrogens is 324 g/mol. The maximum atomic E-state index is 10.6. The van der Waals surface area contributed by atoms with E-state index in [1.165, 1.54) is 0 Å². The van der Waals surface area contributed by atoms with E-state index in [1.807, 2.05) is 44.2 Å². The number of hydrogen-bond donors (Lipinski definition) is 1. The van der Waals surface area contributed by atoms with Crippen LogP contribution < -0.4 is 0 Å². The van der Waals surface area contributed by atoms with Crippen LogP contribution in [-0.2, 0) is 30.3 Å². The SMILES string of the molecule is CCOC(CO[C@H](C/C=C/C(=O)O)COCc1ccccc1)OCC. The van der Waals surface area contributed by atoms with E-state index in [0.717, 1.165) is 11.6 Å². The summed E-state index contributed by atoms with van der Waals surface area (Å²) in [7, 11) is 0. The Kier molecular flexibility index (Phi) is 11.6. The fourth-order valence-corrected chi connectivity index (χ4v) is 2.12. The molecule has 1 aromatic rings. The van der Waals surface area contributed by atoms with Crippen molar-refractivity contribution in [3.63, 3.8) is 0 Å². The molecule has 0 unspecified atom stereocenters. The summed E-state index contributed by atoms with van der Waals surface area (Å²) in [6, 6.07) is 9.84. The van der Waals surface area contributed by atoms with Crippen LogP contribution in [0.25, 0.3) is 0 Å². The molecule has 0 saturated carbocycles. The van der Waals surface area contributed by atoms with Crippen LogP contribution in [0.1, 0.15) is 25.8 Å². The monoisotopic (exact) mass is 352 g/mol. The molecule has 1 rings (SSSR count). The topological polar surface area (TPSA) is 74.2 Å². The Hall–Kier alpha value is -1.73. The lowest BCUT2D eigenvalue weighted by Crippen LogP contribution is -2.29. The molecule has 0 aliphatic rings. The highest BCUT2D eigenvalue weighted by molar-refractivity contribution is 5.79. The van der Waals surface area contributed by atoms with Gasteiger partial charge in [0.1, 0.15) is 0 Å². The lowest BCUT2D eigenvalue weighted by atomic mass is 10.2. The standard InChI is InChI=1S/C19H28O6/c1-3-23-19(24-4-2)15-25-17(11-8-12-18(20)21)14-22-13-16-9-6-5-7-10-16/h5-10,12,17,19H,3-4,11,13-15H2,1-2H3,(H,20,21)/b12-8+/t17-/m1/s1. The van der Waals surface area contributed by atoms with Crippen LogP contribution in [0, 0.1) is 0 Å². The zero-order chi connectivity index (χ0) is 18.3. The second kappa shape index (κ2) is 13.5. The summed E-state index contributed by atoms with van der Waals surface area (Å²) in [5, 5.41) is 8.71. The van der Waals surface area contributed by atoms with Gasteiger partial charge in [0.2, 0.25) is 0 Å². The van der Waals surface area contributed by atoms with E-state index in [-0.39, 0.29) is 12.7 Å². The van der Waals surface area contributed by atoms with Gasteiger partial charge in [0.05, 0.1) is 25.9 Å². The molecule has 0 fully saturated rings. The van der Waals surface area contributed by atoms with Crippen molar-refractivity contribution >= 4 is 5.97 Å². The maximum absolute atomic E-state index is 10.6. The Balaban J connectivity index is 2.47. The van der Waals surface area contributed by atoms with Gasteiger partial charge in [-0.1, -0.05) is 36.4 Å². The molecule has 0 spiro atoms. The number of ether oxygens (including phenoxy) is 4. The fraction of sp³-hybridized carbons (Fsp3) is 0.526. The summed E-state index contributed by atoms with van der Waals surface area (Å²) < 4.78 is 22.4. The minimum absolute atomic E-state index is 0.266. The lowest BCUT2D eigenvalue weighted by molar-refractivity contribution is -0.180. The van der Waals surface area contributed by atoms with Gasteiger partial charge in [0, 0.05) is 19.3 Å². The van der Waals surface area contributed by atoms with Crippen molar-refractivity contribution in [1.82, 2.24) is 0 Å². The van der Waals surface area contributed by atoms with Crippen molar-refractivity contribution in [2.24, 2.45) is 0 Å². The van der Waals surface area contributed by atoms with E-state index in [4.69, 9.17) is 24.1 Å². The number of benzene rings is 1. The van der Waals surface area contributed by atoms with E-state index in [9.17, 15) is 4.79 Å². The van der Waals surface area contributed by atoms with Crippen LogP contribution in [0.4, 0.5) is 0 Å². The third kappa shape index (κ3) is 10.7. The summed E-state index contributed by atoms with van der Waals surface area (Å²) in [4.78, 5) is 10.6. The average Bonchev–Trinajstić information content (AvgIpc) is 2.60. The van der Waals surface area contributed by atoms with Gasteiger partial charge in [-0.2, -0.15) is 0 Å². The van der Waals surface area contributed by atoms with Crippen LogP contribution in [0.5, 0.6) is 0 Å². The maximum Gasteiger partial charge on any atom is 0.327 e. The Morgan fingerprint density at radius 2 is 1.76 bits per heavy atom. The van der Waals surface area contributed by atoms with Gasteiger partial charge < -0.3 is 24.1 Å². The van der Waals surface area contributed by atoms with Gasteiger partial charge in [-0.25, -0.2) is 4.79 Å². The van der Waals surface area contributed by atoms with Crippen LogP contribution in [0.2, 0.25) is 0 Å². The van der Waals surface area contributed by atoms with Crippen LogP contribution in [-0.4, -0.2) is 49.9 Å². The molecule has 1 N–H and O–H groups in total. The second-order valence-electron chi connectivity index (χ2n) is 5.27. The molecule has 6 heteroatoms. The molecule has 25 heavy (non-hydrogen) atoms. The van der Waals surface area contributed by atoms with Crippen molar-refractivity contribution in [2.75, 3.05) is 26.4 Å². The molecule has 0 aromatic heterocycles. The Labute approximate surface area is 149 Å². The van der Waals surface area contributed by atoms with E-state index >= 15 is 0 Å². The molecule has 0 saturated heterocycles. The van der Waals surface area contributed by atoms with Crippen LogP contribution in [0.3, 0.4) is 0 Å². The molecule has 0 heterocycles. The highest BCUT2D eigenvalue weighted by Gasteiger charge is 2.14. The first-order valence-corrected chi connectivity index (χ1v) is 8.51. The van der Waals surface area contributed by atoms with Crippen molar-refractivity contribution in [3.8, 4) is 0 Å². The van der Waals surface area contributed by atoms with Crippen LogP contribution >= 0.6 is 0 Å². The van der Waals surface area contributed by atoms with Gasteiger partial charge >= 0.3 is 5.97 Å². The second-order valence-corrected chi connectivity index (χ2v) is 5.27. The first-order chi connectivity index (χ1) is 12.2. The number of carbonyl (C=O) groups is 1. The van der Waals surface area contributed by atoms with Crippen LogP contribution in [0.15, 0.2) is 42.5 Å². The summed E-state index contributed by atoms with van der Waals surface area (Å²) in [5.41, 5.74) is 1.07. The first kappa shape index (κ1) is 21.3. The normalized spacial score (nSPS) is 12.8. The molecule has 1 atom stereocenters. The highest BCUT2D eigenvalue weighted by Crippen LogP contribution is 2.07. The Morgan fingerprint density at radius 3 is 2.36 bits per heavy atom. The molecule has 0 aliphatic heterocycles. The minimum Gasteiger partial charge on any atom is -0.478 e. The molecule has 0 amide bonds. The van der Waals surface area contributed by atoms with E-state index in [1.54, 1.807) is 6.08 Å². The number of rotatable bonds is 14. The zero-order valence-corrected chi connectivity index (χ0v) is 14.9. The van der Waals surface area contributed by atoms with Crippen molar-refractivity contribution in [2.45, 2.75) is 39.3 Å². The molecule has 1 aromatic carbocycles. The molecular formula is C19H28O6. The largest absolute Gasteiger partial charge is 0.478 e. The van der Waals surface area contributed by atoms with Gasteiger partial charge in [-0.15, -0.1) is 0 Å². The fourth-order valence-electron chi connectivity index (χ4n) is 2.12. The molecule has 6 nitrogen and oxygen atoms in total. The summed E-state index contributed by atoms with van der Waals surface area (Å²) in [6.45, 7) is 5.93. The molecule has 140 valence electrons. The van der Waals surface area contributed by atoms with E-state index in [2.05, 4.69) is 0 Å². The summed E-state index contributed by atoms with van der Waals surface area (Å²) >= 11 is 0. The number of carboxylic acids is 1. The smallest absolute Gasteiger partial charge is 0.327 e. The van der Waals surface area contributed by atoms with E-state index < -0.39 is 12.3 Å². The van der Waals surface area contributed by atoms with Crippen molar-refractivity contribution in [3.05, 3.63) is 48.0 Å². The van der Waals surface area contributed by atoms with Gasteiger partial charge in [0.15, 0.2) is 6.29 Å². The number of aliphatic carboxylic acids is 1. The Bertz CT molecular complexity index is 482. The zero-order valence-electron chi connectivity index (χ0n) is 14.9. The van der Waals surface area contributed by atoms with Crippen molar-refractivity contribution < 1.29 is 28.8 Å². The average molecular weight is 352 g/mol. The minimum atomic E-state index is -0.981. The highest BCUT2D eigenvalue weighted by atomic mass is 16.7. The van der Waals surface area contributed by atoms with Gasteiger partial charge in [-0.05, 0) is 25.8 Å². The third-order valence-electron chi connectivity index (χ3n) is 3.25. The van der Waals surface area contributed by atoms with E-state index in [0.29, 0.717) is 32.8 Å².